The zero-order valence-corrected chi connectivity index (χ0v) is 10.3. The van der Waals surface area contributed by atoms with Gasteiger partial charge in [0, 0.05) is 18.4 Å². The zero-order valence-electron chi connectivity index (χ0n) is 10.3. The second-order valence-corrected chi connectivity index (χ2v) is 3.63. The number of nitrogen functional groups attached to an aromatic ring is 1. The number of anilines is 1. The lowest BCUT2D eigenvalue weighted by Gasteiger charge is -2.15. The van der Waals surface area contributed by atoms with E-state index in [1.807, 2.05) is 0 Å². The van der Waals surface area contributed by atoms with Crippen LogP contribution in [0.4, 0.5) is 5.69 Å². The van der Waals surface area contributed by atoms with Crippen molar-refractivity contribution in [2.75, 3.05) is 26.6 Å². The fourth-order valence-corrected chi connectivity index (χ4v) is 1.35. The van der Waals surface area contributed by atoms with Crippen LogP contribution in [0.1, 0.15) is 10.4 Å². The number of hydrogen-bond acceptors (Lipinski definition) is 5. The second-order valence-electron chi connectivity index (χ2n) is 3.63. The smallest absolute Gasteiger partial charge is 0.330 e. The molecule has 0 fully saturated rings. The molecule has 0 bridgehead atoms. The van der Waals surface area contributed by atoms with Gasteiger partial charge in [0.25, 0.3) is 5.91 Å². The summed E-state index contributed by atoms with van der Waals surface area (Å²) >= 11 is 0. The molecule has 0 saturated heterocycles. The quantitative estimate of drug-likeness (QED) is 0.576. The number of carbonyl (C=O) groups is 2. The highest BCUT2D eigenvalue weighted by atomic mass is 16.5. The van der Waals surface area contributed by atoms with Crippen LogP contribution in [-0.2, 0) is 14.3 Å². The van der Waals surface area contributed by atoms with E-state index in [1.54, 1.807) is 24.3 Å². The van der Waals surface area contributed by atoms with Crippen molar-refractivity contribution in [3.63, 3.8) is 0 Å². The van der Waals surface area contributed by atoms with Crippen molar-refractivity contribution in [2.45, 2.75) is 6.04 Å². The van der Waals surface area contributed by atoms with Gasteiger partial charge >= 0.3 is 5.97 Å². The van der Waals surface area contributed by atoms with Gasteiger partial charge in [-0.15, -0.1) is 0 Å². The topological polar surface area (TPSA) is 90.6 Å². The molecule has 3 N–H and O–H groups in total. The number of nitrogens with one attached hydrogen (secondary N) is 1. The van der Waals surface area contributed by atoms with Crippen molar-refractivity contribution in [2.24, 2.45) is 0 Å². The minimum atomic E-state index is -0.829. The van der Waals surface area contributed by atoms with E-state index in [9.17, 15) is 9.59 Å². The summed E-state index contributed by atoms with van der Waals surface area (Å²) in [6, 6.07) is 5.54. The van der Waals surface area contributed by atoms with E-state index in [0.717, 1.165) is 0 Å². The van der Waals surface area contributed by atoms with Gasteiger partial charge in [0.05, 0.1) is 13.7 Å². The third-order valence-electron chi connectivity index (χ3n) is 2.30. The largest absolute Gasteiger partial charge is 0.467 e. The van der Waals surface area contributed by atoms with Crippen LogP contribution in [0.15, 0.2) is 24.3 Å². The van der Waals surface area contributed by atoms with Crippen LogP contribution in [0.5, 0.6) is 0 Å². The van der Waals surface area contributed by atoms with E-state index in [1.165, 1.54) is 14.2 Å². The van der Waals surface area contributed by atoms with Crippen molar-refractivity contribution >= 4 is 17.6 Å². The predicted octanol–water partition coefficient (Wildman–Crippen LogP) is 0.187. The van der Waals surface area contributed by atoms with E-state index in [0.29, 0.717) is 11.3 Å². The molecule has 0 aliphatic heterocycles. The summed E-state index contributed by atoms with van der Waals surface area (Å²) in [6.07, 6.45) is 0. The molecule has 0 radical (unpaired) electrons. The molecule has 1 rings (SSSR count). The highest BCUT2D eigenvalue weighted by Crippen LogP contribution is 2.05. The molecule has 18 heavy (non-hydrogen) atoms. The van der Waals surface area contributed by atoms with E-state index in [2.05, 4.69) is 10.1 Å². The normalized spacial score (nSPS) is 11.7. The first kappa shape index (κ1) is 14.0. The molecule has 98 valence electrons. The van der Waals surface area contributed by atoms with Crippen LogP contribution in [0, 0.1) is 0 Å². The highest BCUT2D eigenvalue weighted by molar-refractivity contribution is 5.97. The average molecular weight is 252 g/mol. The Morgan fingerprint density at radius 3 is 2.39 bits per heavy atom. The van der Waals surface area contributed by atoms with E-state index in [4.69, 9.17) is 10.5 Å². The van der Waals surface area contributed by atoms with Gasteiger partial charge in [-0.25, -0.2) is 4.79 Å². The Hall–Kier alpha value is -2.08. The number of methoxy groups -OCH3 is 2. The molecule has 0 aromatic heterocycles. The molecule has 6 nitrogen and oxygen atoms in total. The molecular weight excluding hydrogens is 236 g/mol. The average Bonchev–Trinajstić information content (AvgIpc) is 2.38. The molecule has 0 saturated carbocycles. The minimum Gasteiger partial charge on any atom is -0.467 e. The lowest BCUT2D eigenvalue weighted by Crippen LogP contribution is -2.44. The summed E-state index contributed by atoms with van der Waals surface area (Å²) in [5, 5.41) is 2.53. The SMILES string of the molecule is COC[C@@H](NC(=O)c1ccc(N)cc1)C(=O)OC. The number of nitrogens with two attached hydrogens (primary N) is 1. The van der Waals surface area contributed by atoms with Crippen molar-refractivity contribution < 1.29 is 19.1 Å². The standard InChI is InChI=1S/C12H16N2O4/c1-17-7-10(12(16)18-2)14-11(15)8-3-5-9(13)6-4-8/h3-6,10H,7,13H2,1-2H3,(H,14,15)/t10-/m1/s1. The summed E-state index contributed by atoms with van der Waals surface area (Å²) in [5.41, 5.74) is 6.49. The third-order valence-corrected chi connectivity index (χ3v) is 2.30. The molecule has 0 aliphatic carbocycles. The molecule has 6 heteroatoms. The highest BCUT2D eigenvalue weighted by Gasteiger charge is 2.21. The second kappa shape index (κ2) is 6.61. The number of hydrogen-bond donors (Lipinski definition) is 2. The van der Waals surface area contributed by atoms with Crippen LogP contribution in [0.2, 0.25) is 0 Å². The van der Waals surface area contributed by atoms with Crippen LogP contribution in [0.3, 0.4) is 0 Å². The van der Waals surface area contributed by atoms with Gasteiger partial charge in [0.2, 0.25) is 0 Å². The van der Waals surface area contributed by atoms with Gasteiger partial charge in [-0.3, -0.25) is 4.79 Å². The van der Waals surface area contributed by atoms with Crippen molar-refractivity contribution in [1.82, 2.24) is 5.32 Å². The first-order chi connectivity index (χ1) is 8.58. The molecule has 0 aliphatic rings. The Labute approximate surface area is 105 Å². The monoisotopic (exact) mass is 252 g/mol. The molecule has 1 aromatic carbocycles. The van der Waals surface area contributed by atoms with Gasteiger partial charge in [0.1, 0.15) is 0 Å². The van der Waals surface area contributed by atoms with Crippen LogP contribution in [0.25, 0.3) is 0 Å². The molecule has 1 aromatic rings. The minimum absolute atomic E-state index is 0.0490. The molecule has 1 amide bonds. The Kier molecular flexibility index (Phi) is 5.13. The number of carbonyl (C=O) groups excluding carboxylic acids is 2. The zero-order chi connectivity index (χ0) is 13.5. The van der Waals surface area contributed by atoms with Gasteiger partial charge in [-0.05, 0) is 24.3 Å². The fraction of sp³-hybridized carbons (Fsp3) is 0.333. The van der Waals surface area contributed by atoms with Crippen molar-refractivity contribution in [3.8, 4) is 0 Å². The van der Waals surface area contributed by atoms with E-state index < -0.39 is 12.0 Å². The first-order valence-corrected chi connectivity index (χ1v) is 5.31. The maximum atomic E-state index is 11.8. The van der Waals surface area contributed by atoms with E-state index in [-0.39, 0.29) is 12.5 Å². The number of esters is 1. The summed E-state index contributed by atoms with van der Waals surface area (Å²) in [4.78, 5) is 23.2. The van der Waals surface area contributed by atoms with Crippen molar-refractivity contribution in [3.05, 3.63) is 29.8 Å². The van der Waals surface area contributed by atoms with Crippen LogP contribution in [-0.4, -0.2) is 38.7 Å². The number of benzene rings is 1. The first-order valence-electron chi connectivity index (χ1n) is 5.31. The number of amides is 1. The van der Waals surface area contributed by atoms with Gasteiger partial charge in [-0.1, -0.05) is 0 Å². The summed E-state index contributed by atoms with van der Waals surface area (Å²) < 4.78 is 9.41. The number of rotatable bonds is 5. The van der Waals surface area contributed by atoms with E-state index >= 15 is 0 Å². The fourth-order valence-electron chi connectivity index (χ4n) is 1.35. The predicted molar refractivity (Wildman–Crippen MR) is 66.0 cm³/mol. The molecule has 1 atom stereocenters. The van der Waals surface area contributed by atoms with Gasteiger partial charge in [0.15, 0.2) is 6.04 Å². The Morgan fingerprint density at radius 2 is 1.89 bits per heavy atom. The maximum absolute atomic E-state index is 11.8. The summed E-state index contributed by atoms with van der Waals surface area (Å²) in [7, 11) is 2.69. The van der Waals surface area contributed by atoms with Crippen LogP contribution < -0.4 is 11.1 Å². The van der Waals surface area contributed by atoms with Gasteiger partial charge in [-0.2, -0.15) is 0 Å². The Balaban J connectivity index is 2.71. The molecule has 0 spiro atoms. The number of ether oxygens (including phenoxy) is 2. The lowest BCUT2D eigenvalue weighted by molar-refractivity contribution is -0.144. The lowest BCUT2D eigenvalue weighted by atomic mass is 10.2. The molecule has 0 unspecified atom stereocenters. The Bertz CT molecular complexity index is 417. The summed E-state index contributed by atoms with van der Waals surface area (Å²) in [6.45, 7) is 0.0490. The third kappa shape index (κ3) is 3.74. The Morgan fingerprint density at radius 1 is 1.28 bits per heavy atom. The summed E-state index contributed by atoms with van der Waals surface area (Å²) in [5.74, 6) is -0.942. The molecular formula is C12H16N2O4. The van der Waals surface area contributed by atoms with Crippen LogP contribution >= 0.6 is 0 Å². The van der Waals surface area contributed by atoms with Crippen molar-refractivity contribution in [1.29, 1.82) is 0 Å². The van der Waals surface area contributed by atoms with Gasteiger partial charge < -0.3 is 20.5 Å². The molecule has 0 heterocycles. The maximum Gasteiger partial charge on any atom is 0.330 e.